The topological polar surface area (TPSA) is 61.7 Å². The zero-order valence-electron chi connectivity index (χ0n) is 10.3. The number of phenols is 1. The number of aliphatic hydroxyl groups excluding tert-OH is 1. The molecule has 1 atom stereocenters. The zero-order valence-corrected chi connectivity index (χ0v) is 10.3. The number of phenolic OH excluding ortho intramolecular Hbond substituents is 1. The first-order valence-electron chi connectivity index (χ1n) is 6.14. The third-order valence-corrected chi connectivity index (χ3v) is 3.38. The predicted octanol–water partition coefficient (Wildman–Crippen LogP) is 2.08. The van der Waals surface area contributed by atoms with Crippen molar-refractivity contribution in [2.24, 2.45) is 0 Å². The monoisotopic (exact) mass is 257 g/mol. The molecule has 0 saturated heterocycles. The van der Waals surface area contributed by atoms with E-state index in [1.807, 2.05) is 30.3 Å². The van der Waals surface area contributed by atoms with E-state index in [0.717, 1.165) is 11.3 Å². The van der Waals surface area contributed by atoms with Crippen LogP contribution in [0.1, 0.15) is 5.56 Å². The molecular formula is C15H15NO3. The molecule has 1 aliphatic rings. The molecule has 0 bridgehead atoms. The van der Waals surface area contributed by atoms with Gasteiger partial charge in [0.25, 0.3) is 0 Å². The number of rotatable bonds is 3. The van der Waals surface area contributed by atoms with E-state index >= 15 is 0 Å². The van der Waals surface area contributed by atoms with Crippen molar-refractivity contribution in [1.29, 1.82) is 0 Å². The van der Waals surface area contributed by atoms with E-state index in [4.69, 9.17) is 4.74 Å². The van der Waals surface area contributed by atoms with Gasteiger partial charge < -0.3 is 20.3 Å². The van der Waals surface area contributed by atoms with Crippen LogP contribution >= 0.6 is 0 Å². The molecule has 4 heteroatoms. The van der Waals surface area contributed by atoms with Crippen LogP contribution in [0.4, 0.5) is 5.69 Å². The Morgan fingerprint density at radius 1 is 1.16 bits per heavy atom. The first-order chi connectivity index (χ1) is 9.23. The summed E-state index contributed by atoms with van der Waals surface area (Å²) < 4.78 is 5.58. The SMILES string of the molecule is OCC1(Nc2ccccc2)COc2cc(O)ccc21. The smallest absolute Gasteiger partial charge is 0.128 e. The molecule has 0 spiro atoms. The molecule has 1 heterocycles. The van der Waals surface area contributed by atoms with Crippen molar-refractivity contribution >= 4 is 5.69 Å². The zero-order chi connectivity index (χ0) is 13.3. The molecule has 1 aliphatic heterocycles. The summed E-state index contributed by atoms with van der Waals surface area (Å²) >= 11 is 0. The quantitative estimate of drug-likeness (QED) is 0.788. The number of nitrogens with one attached hydrogen (secondary N) is 1. The molecule has 3 rings (SSSR count). The molecule has 4 nitrogen and oxygen atoms in total. The molecule has 2 aromatic rings. The first-order valence-corrected chi connectivity index (χ1v) is 6.14. The molecule has 0 amide bonds. The maximum absolute atomic E-state index is 9.79. The Morgan fingerprint density at radius 3 is 2.68 bits per heavy atom. The van der Waals surface area contributed by atoms with Crippen molar-refractivity contribution in [3.63, 3.8) is 0 Å². The average molecular weight is 257 g/mol. The van der Waals surface area contributed by atoms with Crippen LogP contribution in [-0.4, -0.2) is 23.4 Å². The second-order valence-electron chi connectivity index (χ2n) is 4.70. The van der Waals surface area contributed by atoms with E-state index in [2.05, 4.69) is 5.32 Å². The minimum Gasteiger partial charge on any atom is -0.508 e. The number of hydrogen-bond acceptors (Lipinski definition) is 4. The second-order valence-corrected chi connectivity index (χ2v) is 4.70. The van der Waals surface area contributed by atoms with Crippen LogP contribution in [0.15, 0.2) is 48.5 Å². The van der Waals surface area contributed by atoms with Crippen LogP contribution in [0.3, 0.4) is 0 Å². The Bertz CT molecular complexity index is 585. The van der Waals surface area contributed by atoms with E-state index in [9.17, 15) is 10.2 Å². The van der Waals surface area contributed by atoms with Crippen LogP contribution in [0.2, 0.25) is 0 Å². The predicted molar refractivity (Wildman–Crippen MR) is 72.4 cm³/mol. The van der Waals surface area contributed by atoms with E-state index in [1.54, 1.807) is 18.2 Å². The van der Waals surface area contributed by atoms with Gasteiger partial charge in [0.1, 0.15) is 23.6 Å². The molecule has 0 aliphatic carbocycles. The molecule has 0 radical (unpaired) electrons. The minimum absolute atomic E-state index is 0.0837. The van der Waals surface area contributed by atoms with Gasteiger partial charge in [-0.1, -0.05) is 18.2 Å². The van der Waals surface area contributed by atoms with Gasteiger partial charge in [0.2, 0.25) is 0 Å². The third-order valence-electron chi connectivity index (χ3n) is 3.38. The number of anilines is 1. The fraction of sp³-hybridized carbons (Fsp3) is 0.200. The normalized spacial score (nSPS) is 20.7. The maximum atomic E-state index is 9.79. The average Bonchev–Trinajstić information content (AvgIpc) is 2.78. The highest BCUT2D eigenvalue weighted by atomic mass is 16.5. The molecule has 19 heavy (non-hydrogen) atoms. The van der Waals surface area contributed by atoms with Crippen LogP contribution < -0.4 is 10.1 Å². The Hall–Kier alpha value is -2.20. The molecule has 3 N–H and O–H groups in total. The van der Waals surface area contributed by atoms with Crippen molar-refractivity contribution in [3.8, 4) is 11.5 Å². The summed E-state index contributed by atoms with van der Waals surface area (Å²) in [5.41, 5.74) is 1.11. The van der Waals surface area contributed by atoms with Crippen LogP contribution in [0.25, 0.3) is 0 Å². The van der Waals surface area contributed by atoms with Crippen LogP contribution in [-0.2, 0) is 5.54 Å². The third kappa shape index (κ3) is 2.00. The number of fused-ring (bicyclic) bond motifs is 1. The standard InChI is InChI=1S/C15H15NO3/c17-9-15(16-11-4-2-1-3-5-11)10-19-14-8-12(18)6-7-13(14)15/h1-8,16-18H,9-10H2. The van der Waals surface area contributed by atoms with Gasteiger partial charge in [-0.2, -0.15) is 0 Å². The van der Waals surface area contributed by atoms with Crippen LogP contribution in [0, 0.1) is 0 Å². The molecule has 2 aromatic carbocycles. The van der Waals surface area contributed by atoms with Crippen molar-refractivity contribution in [2.45, 2.75) is 5.54 Å². The molecule has 0 aromatic heterocycles. The summed E-state index contributed by atoms with van der Waals surface area (Å²) in [6.07, 6.45) is 0. The summed E-state index contributed by atoms with van der Waals surface area (Å²) in [7, 11) is 0. The number of ether oxygens (including phenoxy) is 1. The molecule has 0 fully saturated rings. The first kappa shape index (κ1) is 11.9. The summed E-state index contributed by atoms with van der Waals surface area (Å²) in [5, 5.41) is 22.6. The molecular weight excluding hydrogens is 242 g/mol. The van der Waals surface area contributed by atoms with Gasteiger partial charge in [0, 0.05) is 17.3 Å². The number of hydrogen-bond donors (Lipinski definition) is 3. The summed E-state index contributed by atoms with van der Waals surface area (Å²) in [6, 6.07) is 14.6. The van der Waals surface area contributed by atoms with Crippen LogP contribution in [0.5, 0.6) is 11.5 Å². The molecule has 1 unspecified atom stereocenters. The summed E-state index contributed by atoms with van der Waals surface area (Å²) in [4.78, 5) is 0. The maximum Gasteiger partial charge on any atom is 0.128 e. The lowest BCUT2D eigenvalue weighted by Crippen LogP contribution is -2.40. The Kier molecular flexibility index (Phi) is 2.80. The number of aliphatic hydroxyl groups is 1. The highest BCUT2D eigenvalue weighted by molar-refractivity contribution is 5.55. The van der Waals surface area contributed by atoms with E-state index < -0.39 is 5.54 Å². The minimum atomic E-state index is -0.662. The Balaban J connectivity index is 1.98. The summed E-state index contributed by atoms with van der Waals surface area (Å²) in [6.45, 7) is 0.247. The number of para-hydroxylation sites is 1. The van der Waals surface area contributed by atoms with Crippen molar-refractivity contribution in [2.75, 3.05) is 18.5 Å². The fourth-order valence-corrected chi connectivity index (χ4v) is 2.38. The van der Waals surface area contributed by atoms with Gasteiger partial charge in [0.15, 0.2) is 0 Å². The lowest BCUT2D eigenvalue weighted by Gasteiger charge is -2.28. The molecule has 0 saturated carbocycles. The van der Waals surface area contributed by atoms with E-state index in [-0.39, 0.29) is 12.4 Å². The highest BCUT2D eigenvalue weighted by Gasteiger charge is 2.40. The van der Waals surface area contributed by atoms with Crippen molar-refractivity contribution in [3.05, 3.63) is 54.1 Å². The lowest BCUT2D eigenvalue weighted by molar-refractivity contribution is 0.177. The van der Waals surface area contributed by atoms with E-state index in [0.29, 0.717) is 12.4 Å². The van der Waals surface area contributed by atoms with Gasteiger partial charge in [-0.15, -0.1) is 0 Å². The highest BCUT2D eigenvalue weighted by Crippen LogP contribution is 2.40. The van der Waals surface area contributed by atoms with Gasteiger partial charge >= 0.3 is 0 Å². The molecule has 98 valence electrons. The van der Waals surface area contributed by atoms with Gasteiger partial charge in [-0.05, 0) is 24.3 Å². The lowest BCUT2D eigenvalue weighted by atomic mass is 9.92. The van der Waals surface area contributed by atoms with Gasteiger partial charge in [0.05, 0.1) is 6.61 Å². The Labute approximate surface area is 111 Å². The van der Waals surface area contributed by atoms with Crippen molar-refractivity contribution in [1.82, 2.24) is 0 Å². The summed E-state index contributed by atoms with van der Waals surface area (Å²) in [5.74, 6) is 0.768. The van der Waals surface area contributed by atoms with Gasteiger partial charge in [-0.25, -0.2) is 0 Å². The second kappa shape index (κ2) is 4.48. The number of aromatic hydroxyl groups is 1. The Morgan fingerprint density at radius 2 is 1.95 bits per heavy atom. The number of benzene rings is 2. The fourth-order valence-electron chi connectivity index (χ4n) is 2.38. The van der Waals surface area contributed by atoms with Crippen molar-refractivity contribution < 1.29 is 14.9 Å². The van der Waals surface area contributed by atoms with Gasteiger partial charge in [-0.3, -0.25) is 0 Å². The largest absolute Gasteiger partial charge is 0.508 e. The van der Waals surface area contributed by atoms with E-state index in [1.165, 1.54) is 0 Å².